The third kappa shape index (κ3) is 4.77. The van der Waals surface area contributed by atoms with Crippen LogP contribution < -0.4 is 10.0 Å². The van der Waals surface area contributed by atoms with Crippen molar-refractivity contribution in [3.63, 3.8) is 0 Å². The maximum Gasteiger partial charge on any atom is 0.270 e. The zero-order chi connectivity index (χ0) is 17.0. The highest BCUT2D eigenvalue weighted by atomic mass is 32.2. The number of amides is 1. The fourth-order valence-corrected chi connectivity index (χ4v) is 3.65. The molecule has 1 heterocycles. The number of hydrogen-bond donors (Lipinski definition) is 2. The van der Waals surface area contributed by atoms with E-state index < -0.39 is 10.0 Å². The molecule has 1 aromatic carbocycles. The minimum Gasteiger partial charge on any atom is -0.350 e. The lowest BCUT2D eigenvalue weighted by Gasteiger charge is -2.06. The molecule has 0 aliphatic carbocycles. The molecule has 0 radical (unpaired) electrons. The van der Waals surface area contributed by atoms with E-state index >= 15 is 0 Å². The summed E-state index contributed by atoms with van der Waals surface area (Å²) >= 11 is 1.07. The van der Waals surface area contributed by atoms with Crippen molar-refractivity contribution >= 4 is 32.4 Å². The van der Waals surface area contributed by atoms with Gasteiger partial charge >= 0.3 is 0 Å². The number of nitrogens with one attached hydrogen (secondary N) is 2. The summed E-state index contributed by atoms with van der Waals surface area (Å²) in [5.74, 6) is 0.0211. The van der Waals surface area contributed by atoms with E-state index in [1.54, 1.807) is 12.1 Å². The molecule has 0 fully saturated rings. The standard InChI is InChI=1S/C15H19N3O3S2/c1-10(2)8-16-14(19)13-9-22-15(17-13)18-23(20,21)12-6-4-11(3)5-7-12/h4-7,9-10H,8H2,1-3H3,(H,16,19)(H,17,18). The van der Waals surface area contributed by atoms with Crippen LogP contribution in [0.5, 0.6) is 0 Å². The van der Waals surface area contributed by atoms with Gasteiger partial charge in [0.1, 0.15) is 5.69 Å². The van der Waals surface area contributed by atoms with E-state index in [0.29, 0.717) is 12.5 Å². The van der Waals surface area contributed by atoms with Gasteiger partial charge in [-0.1, -0.05) is 31.5 Å². The molecule has 1 aromatic heterocycles. The van der Waals surface area contributed by atoms with Crippen molar-refractivity contribution in [1.82, 2.24) is 10.3 Å². The number of aryl methyl sites for hydroxylation is 1. The van der Waals surface area contributed by atoms with Gasteiger partial charge in [-0.15, -0.1) is 11.3 Å². The highest BCUT2D eigenvalue weighted by Gasteiger charge is 2.17. The van der Waals surface area contributed by atoms with Gasteiger partial charge in [-0.25, -0.2) is 13.4 Å². The molecular weight excluding hydrogens is 334 g/mol. The second-order valence-corrected chi connectivity index (χ2v) is 8.10. The Hall–Kier alpha value is -1.93. The Balaban J connectivity index is 2.09. The minimum absolute atomic E-state index is 0.157. The SMILES string of the molecule is Cc1ccc(S(=O)(=O)Nc2nc(C(=O)NCC(C)C)cs2)cc1. The molecule has 8 heteroatoms. The number of sulfonamides is 1. The summed E-state index contributed by atoms with van der Waals surface area (Å²) < 4.78 is 26.9. The quantitative estimate of drug-likeness (QED) is 0.835. The zero-order valence-corrected chi connectivity index (χ0v) is 14.8. The molecule has 1 amide bonds. The van der Waals surface area contributed by atoms with Crippen LogP contribution in [0.4, 0.5) is 5.13 Å². The lowest BCUT2D eigenvalue weighted by atomic mass is 10.2. The molecular formula is C15H19N3O3S2. The Bertz CT molecular complexity index is 781. The lowest BCUT2D eigenvalue weighted by Crippen LogP contribution is -2.27. The van der Waals surface area contributed by atoms with Gasteiger partial charge in [0.25, 0.3) is 15.9 Å². The summed E-state index contributed by atoms with van der Waals surface area (Å²) in [7, 11) is -3.70. The first-order valence-corrected chi connectivity index (χ1v) is 9.47. The Morgan fingerprint density at radius 1 is 1.26 bits per heavy atom. The number of rotatable bonds is 6. The Labute approximate surface area is 140 Å². The monoisotopic (exact) mass is 353 g/mol. The molecule has 0 unspecified atom stereocenters. The molecule has 0 saturated heterocycles. The summed E-state index contributed by atoms with van der Waals surface area (Å²) in [5.41, 5.74) is 1.18. The van der Waals surface area contributed by atoms with Crippen molar-refractivity contribution in [3.05, 3.63) is 40.9 Å². The summed E-state index contributed by atoms with van der Waals surface area (Å²) in [6.45, 7) is 6.40. The number of nitrogens with zero attached hydrogens (tertiary/aromatic N) is 1. The highest BCUT2D eigenvalue weighted by Crippen LogP contribution is 2.20. The average molecular weight is 353 g/mol. The van der Waals surface area contributed by atoms with Gasteiger partial charge in [0.05, 0.1) is 4.90 Å². The Morgan fingerprint density at radius 3 is 2.52 bits per heavy atom. The van der Waals surface area contributed by atoms with Crippen molar-refractivity contribution in [1.29, 1.82) is 0 Å². The maximum atomic E-state index is 12.3. The lowest BCUT2D eigenvalue weighted by molar-refractivity contribution is 0.0945. The number of aromatic nitrogens is 1. The number of anilines is 1. The smallest absolute Gasteiger partial charge is 0.270 e. The van der Waals surface area contributed by atoms with E-state index in [1.807, 2.05) is 20.8 Å². The first-order chi connectivity index (χ1) is 10.8. The van der Waals surface area contributed by atoms with Crippen LogP contribution in [0.15, 0.2) is 34.5 Å². The molecule has 0 spiro atoms. The van der Waals surface area contributed by atoms with Gasteiger partial charge in [-0.3, -0.25) is 9.52 Å². The van der Waals surface area contributed by atoms with E-state index in [0.717, 1.165) is 16.9 Å². The fraction of sp³-hybridized carbons (Fsp3) is 0.333. The van der Waals surface area contributed by atoms with Crippen molar-refractivity contribution in [2.75, 3.05) is 11.3 Å². The molecule has 2 rings (SSSR count). The average Bonchev–Trinajstić information content (AvgIpc) is 2.93. The fourth-order valence-electron chi connectivity index (χ4n) is 1.70. The van der Waals surface area contributed by atoms with Crippen LogP contribution in [0.1, 0.15) is 29.9 Å². The van der Waals surface area contributed by atoms with E-state index in [1.165, 1.54) is 17.5 Å². The number of thiazole rings is 1. The van der Waals surface area contributed by atoms with Crippen LogP contribution in [-0.2, 0) is 10.0 Å². The predicted octanol–water partition coefficient (Wildman–Crippen LogP) is 2.64. The number of carbonyl (C=O) groups excluding carboxylic acids is 1. The molecule has 2 N–H and O–H groups in total. The van der Waals surface area contributed by atoms with Gasteiger partial charge in [0.2, 0.25) is 0 Å². The van der Waals surface area contributed by atoms with Crippen molar-refractivity contribution in [2.45, 2.75) is 25.7 Å². The van der Waals surface area contributed by atoms with Gasteiger partial charge in [-0.05, 0) is 25.0 Å². The molecule has 6 nitrogen and oxygen atoms in total. The van der Waals surface area contributed by atoms with Gasteiger partial charge < -0.3 is 5.32 Å². The summed E-state index contributed by atoms with van der Waals surface area (Å²) in [6.07, 6.45) is 0. The third-order valence-electron chi connectivity index (χ3n) is 2.96. The van der Waals surface area contributed by atoms with E-state index in [9.17, 15) is 13.2 Å². The van der Waals surface area contributed by atoms with Crippen LogP contribution in [0.25, 0.3) is 0 Å². The van der Waals surface area contributed by atoms with Crippen LogP contribution in [0.3, 0.4) is 0 Å². The van der Waals surface area contributed by atoms with E-state index in [2.05, 4.69) is 15.0 Å². The molecule has 0 saturated carbocycles. The topological polar surface area (TPSA) is 88.2 Å². The molecule has 0 atom stereocenters. The van der Waals surface area contributed by atoms with Crippen LogP contribution in [0.2, 0.25) is 0 Å². The largest absolute Gasteiger partial charge is 0.350 e. The minimum atomic E-state index is -3.70. The molecule has 124 valence electrons. The normalized spacial score (nSPS) is 11.5. The Morgan fingerprint density at radius 2 is 1.91 bits per heavy atom. The van der Waals surface area contributed by atoms with E-state index in [4.69, 9.17) is 0 Å². The van der Waals surface area contributed by atoms with Crippen molar-refractivity contribution < 1.29 is 13.2 Å². The second-order valence-electron chi connectivity index (χ2n) is 5.56. The number of hydrogen-bond acceptors (Lipinski definition) is 5. The van der Waals surface area contributed by atoms with Crippen molar-refractivity contribution in [2.24, 2.45) is 5.92 Å². The zero-order valence-electron chi connectivity index (χ0n) is 13.2. The first-order valence-electron chi connectivity index (χ1n) is 7.11. The second kappa shape index (κ2) is 7.10. The predicted molar refractivity (Wildman–Crippen MR) is 91.3 cm³/mol. The Kier molecular flexibility index (Phi) is 5.38. The van der Waals surface area contributed by atoms with Crippen LogP contribution in [0, 0.1) is 12.8 Å². The van der Waals surface area contributed by atoms with Crippen LogP contribution in [-0.4, -0.2) is 25.9 Å². The summed E-state index contributed by atoms with van der Waals surface area (Å²) in [6, 6.07) is 6.51. The molecule has 2 aromatic rings. The number of benzene rings is 1. The molecule has 0 aliphatic heterocycles. The maximum absolute atomic E-state index is 12.3. The molecule has 0 bridgehead atoms. The van der Waals surface area contributed by atoms with E-state index in [-0.39, 0.29) is 21.6 Å². The van der Waals surface area contributed by atoms with Gasteiger partial charge in [0, 0.05) is 11.9 Å². The number of carbonyl (C=O) groups is 1. The van der Waals surface area contributed by atoms with Gasteiger partial charge in [-0.2, -0.15) is 0 Å². The van der Waals surface area contributed by atoms with Crippen molar-refractivity contribution in [3.8, 4) is 0 Å². The summed E-state index contributed by atoms with van der Waals surface area (Å²) in [5, 5.41) is 4.44. The first kappa shape index (κ1) is 17.4. The summed E-state index contributed by atoms with van der Waals surface area (Å²) in [4.78, 5) is 16.1. The van der Waals surface area contributed by atoms with Crippen LogP contribution >= 0.6 is 11.3 Å². The molecule has 0 aliphatic rings. The van der Waals surface area contributed by atoms with Gasteiger partial charge in [0.15, 0.2) is 5.13 Å². The highest BCUT2D eigenvalue weighted by molar-refractivity contribution is 7.93. The molecule has 23 heavy (non-hydrogen) atoms. The third-order valence-corrected chi connectivity index (χ3v) is 5.20.